The third-order valence-corrected chi connectivity index (χ3v) is 6.89. The number of halogens is 4. The lowest BCUT2D eigenvalue weighted by molar-refractivity contribution is 0.0886. The lowest BCUT2D eigenvalue weighted by Crippen LogP contribution is -2.39. The Balaban J connectivity index is 0.00000171. The number of likely N-dealkylation sites (tertiary alicyclic amines) is 1. The van der Waals surface area contributed by atoms with Crippen molar-refractivity contribution in [1.82, 2.24) is 9.47 Å². The number of Topliss-reactive ketones (excluding diaryl/α,β-unsaturated/α-hetero) is 1. The van der Waals surface area contributed by atoms with E-state index in [4.69, 9.17) is 11.6 Å². The summed E-state index contributed by atoms with van der Waals surface area (Å²) in [6, 6.07) is 12.2. The van der Waals surface area contributed by atoms with Crippen LogP contribution in [0.15, 0.2) is 47.5 Å². The standard InChI is InChI=1S/C22H23ClFN3OS.2ClH/c1-25-22-27(19-7-6-16(23)12-21(19)29-22)13-15-8-10-26(11-9-15)14-20(28)17-4-2-3-5-18(17)24;;/h2-7,12,15H,8-11,13-14H2,1H3;2*1H/b25-22+;;. The first-order valence-corrected chi connectivity index (χ1v) is 11.0. The monoisotopic (exact) mass is 503 g/mol. The van der Waals surface area contributed by atoms with Gasteiger partial charge in [-0.1, -0.05) is 35.1 Å². The van der Waals surface area contributed by atoms with Gasteiger partial charge in [0, 0.05) is 18.6 Å². The van der Waals surface area contributed by atoms with E-state index in [1.165, 1.54) is 6.07 Å². The van der Waals surface area contributed by atoms with Crippen molar-refractivity contribution in [3.8, 4) is 0 Å². The third kappa shape index (κ3) is 5.88. The molecule has 1 saturated heterocycles. The summed E-state index contributed by atoms with van der Waals surface area (Å²) in [6.07, 6.45) is 2.01. The maximum atomic E-state index is 13.8. The Kier molecular flexibility index (Phi) is 9.52. The molecular formula is C22H25Cl3FN3OS. The van der Waals surface area contributed by atoms with Gasteiger partial charge < -0.3 is 4.57 Å². The summed E-state index contributed by atoms with van der Waals surface area (Å²) in [7, 11) is 1.82. The molecule has 1 fully saturated rings. The minimum Gasteiger partial charge on any atom is -0.316 e. The number of fused-ring (bicyclic) bond motifs is 1. The highest BCUT2D eigenvalue weighted by Gasteiger charge is 2.23. The second kappa shape index (κ2) is 11.4. The summed E-state index contributed by atoms with van der Waals surface area (Å²) >= 11 is 7.79. The van der Waals surface area contributed by atoms with Crippen molar-refractivity contribution < 1.29 is 9.18 Å². The Morgan fingerprint density at radius 1 is 1.19 bits per heavy atom. The van der Waals surface area contributed by atoms with Crippen LogP contribution in [0.5, 0.6) is 0 Å². The number of hydrogen-bond donors (Lipinski definition) is 0. The summed E-state index contributed by atoms with van der Waals surface area (Å²) in [6.45, 7) is 2.87. The number of nitrogens with zero attached hydrogens (tertiary/aromatic N) is 3. The average Bonchev–Trinajstić information content (AvgIpc) is 3.06. The molecule has 9 heteroatoms. The molecule has 31 heavy (non-hydrogen) atoms. The summed E-state index contributed by atoms with van der Waals surface area (Å²) in [5, 5.41) is 0.737. The van der Waals surface area contributed by atoms with Crippen LogP contribution in [0.25, 0.3) is 10.2 Å². The van der Waals surface area contributed by atoms with Crippen LogP contribution in [0.3, 0.4) is 0 Å². The topological polar surface area (TPSA) is 37.6 Å². The fourth-order valence-electron chi connectivity index (χ4n) is 3.95. The molecule has 0 aliphatic carbocycles. The normalized spacial score (nSPS) is 15.5. The first-order valence-electron chi connectivity index (χ1n) is 9.77. The molecule has 4 rings (SSSR count). The molecular weight excluding hydrogens is 480 g/mol. The Bertz CT molecular complexity index is 1110. The van der Waals surface area contributed by atoms with Crippen LogP contribution in [0.4, 0.5) is 4.39 Å². The van der Waals surface area contributed by atoms with Crippen LogP contribution in [-0.2, 0) is 6.54 Å². The smallest absolute Gasteiger partial charge is 0.185 e. The molecule has 0 radical (unpaired) electrons. The number of ketones is 1. The number of carbonyl (C=O) groups excluding carboxylic acids is 1. The minimum atomic E-state index is -0.441. The maximum absolute atomic E-state index is 13.8. The van der Waals surface area contributed by atoms with Gasteiger partial charge in [-0.25, -0.2) is 4.39 Å². The van der Waals surface area contributed by atoms with Gasteiger partial charge in [0.05, 0.1) is 22.3 Å². The first-order chi connectivity index (χ1) is 14.0. The number of benzene rings is 2. The van der Waals surface area contributed by atoms with E-state index in [1.807, 2.05) is 19.2 Å². The number of rotatable bonds is 5. The molecule has 0 saturated carbocycles. The molecule has 0 atom stereocenters. The molecule has 4 nitrogen and oxygen atoms in total. The quantitative estimate of drug-likeness (QED) is 0.432. The number of aromatic nitrogens is 1. The number of piperidine rings is 1. The Morgan fingerprint density at radius 3 is 2.58 bits per heavy atom. The van der Waals surface area contributed by atoms with Crippen LogP contribution in [0, 0.1) is 11.7 Å². The van der Waals surface area contributed by atoms with Crippen molar-refractivity contribution in [3.05, 3.63) is 63.7 Å². The van der Waals surface area contributed by atoms with Gasteiger partial charge in [0.1, 0.15) is 5.82 Å². The van der Waals surface area contributed by atoms with Gasteiger partial charge in [-0.3, -0.25) is 14.7 Å². The minimum absolute atomic E-state index is 0. The Hall–Kier alpha value is -1.44. The van der Waals surface area contributed by atoms with E-state index in [-0.39, 0.29) is 42.7 Å². The highest BCUT2D eigenvalue weighted by molar-refractivity contribution is 7.16. The zero-order valence-electron chi connectivity index (χ0n) is 17.1. The third-order valence-electron chi connectivity index (χ3n) is 5.53. The summed E-state index contributed by atoms with van der Waals surface area (Å²) in [4.78, 5) is 20.0. The summed E-state index contributed by atoms with van der Waals surface area (Å²) in [5.41, 5.74) is 1.35. The predicted octanol–water partition coefficient (Wildman–Crippen LogP) is 5.46. The first kappa shape index (κ1) is 25.8. The maximum Gasteiger partial charge on any atom is 0.185 e. The van der Waals surface area contributed by atoms with Gasteiger partial charge in [0.15, 0.2) is 10.6 Å². The number of hydrogen-bond acceptors (Lipinski definition) is 4. The molecule has 0 bridgehead atoms. The number of thiazole rings is 1. The molecule has 0 spiro atoms. The molecule has 1 aliphatic heterocycles. The van der Waals surface area contributed by atoms with Gasteiger partial charge >= 0.3 is 0 Å². The van der Waals surface area contributed by atoms with E-state index in [1.54, 1.807) is 29.5 Å². The Labute approximate surface area is 202 Å². The van der Waals surface area contributed by atoms with Gasteiger partial charge in [0.2, 0.25) is 0 Å². The lowest BCUT2D eigenvalue weighted by atomic mass is 9.96. The van der Waals surface area contributed by atoms with E-state index in [0.717, 1.165) is 52.5 Å². The SMILES string of the molecule is C/N=c1/sc2cc(Cl)ccc2n1CC1CCN(CC(=O)c2ccccc2F)CC1.Cl.Cl. The van der Waals surface area contributed by atoms with Crippen LogP contribution in [0.1, 0.15) is 23.2 Å². The molecule has 2 heterocycles. The molecule has 1 aliphatic rings. The van der Waals surface area contributed by atoms with Crippen molar-refractivity contribution in [1.29, 1.82) is 0 Å². The molecule has 168 valence electrons. The van der Waals surface area contributed by atoms with Crippen molar-refractivity contribution in [3.63, 3.8) is 0 Å². The molecule has 0 unspecified atom stereocenters. The van der Waals surface area contributed by atoms with Crippen molar-refractivity contribution in [2.45, 2.75) is 19.4 Å². The lowest BCUT2D eigenvalue weighted by Gasteiger charge is -2.31. The molecule has 0 amide bonds. The fourth-order valence-corrected chi connectivity index (χ4v) is 5.23. The average molecular weight is 505 g/mol. The van der Waals surface area contributed by atoms with Crippen LogP contribution in [0.2, 0.25) is 5.02 Å². The molecule has 0 N–H and O–H groups in total. The van der Waals surface area contributed by atoms with Gasteiger partial charge in [-0.2, -0.15) is 0 Å². The van der Waals surface area contributed by atoms with Crippen LogP contribution < -0.4 is 4.80 Å². The van der Waals surface area contributed by atoms with E-state index in [2.05, 4.69) is 20.5 Å². The summed E-state index contributed by atoms with van der Waals surface area (Å²) in [5.74, 6) is -0.0680. The second-order valence-electron chi connectivity index (χ2n) is 7.45. The summed E-state index contributed by atoms with van der Waals surface area (Å²) < 4.78 is 17.3. The van der Waals surface area contributed by atoms with E-state index in [0.29, 0.717) is 5.92 Å². The zero-order valence-corrected chi connectivity index (χ0v) is 20.3. The zero-order chi connectivity index (χ0) is 20.4. The van der Waals surface area contributed by atoms with Gasteiger partial charge in [-0.05, 0) is 62.2 Å². The molecule has 1 aromatic heterocycles. The largest absolute Gasteiger partial charge is 0.316 e. The van der Waals surface area contributed by atoms with Crippen molar-refractivity contribution in [2.24, 2.45) is 10.9 Å². The highest BCUT2D eigenvalue weighted by Crippen LogP contribution is 2.25. The van der Waals surface area contributed by atoms with Gasteiger partial charge in [-0.15, -0.1) is 24.8 Å². The van der Waals surface area contributed by atoms with Crippen molar-refractivity contribution in [2.75, 3.05) is 26.7 Å². The number of carbonyl (C=O) groups is 1. The second-order valence-corrected chi connectivity index (χ2v) is 8.90. The van der Waals surface area contributed by atoms with Crippen molar-refractivity contribution >= 4 is 63.8 Å². The Morgan fingerprint density at radius 2 is 1.90 bits per heavy atom. The van der Waals surface area contributed by atoms with Gasteiger partial charge in [0.25, 0.3) is 0 Å². The van der Waals surface area contributed by atoms with Crippen LogP contribution >= 0.6 is 47.8 Å². The van der Waals surface area contributed by atoms with Crippen LogP contribution in [-0.4, -0.2) is 41.9 Å². The van der Waals surface area contributed by atoms with E-state index < -0.39 is 5.82 Å². The van der Waals surface area contributed by atoms with E-state index >= 15 is 0 Å². The fraction of sp³-hybridized carbons (Fsp3) is 0.364. The molecule has 3 aromatic rings. The highest BCUT2D eigenvalue weighted by atomic mass is 35.5. The molecule has 2 aromatic carbocycles. The predicted molar refractivity (Wildman–Crippen MR) is 131 cm³/mol. The van der Waals surface area contributed by atoms with E-state index in [9.17, 15) is 9.18 Å².